The molecule has 5 heteroatoms. The number of aliphatic hydroxyl groups excluding tert-OH is 2. The van der Waals surface area contributed by atoms with Crippen molar-refractivity contribution in [3.63, 3.8) is 0 Å². The smallest absolute Gasteiger partial charge is 0.311 e. The summed E-state index contributed by atoms with van der Waals surface area (Å²) in [5, 5.41) is 19.1. The average molecular weight is 334 g/mol. The first-order chi connectivity index (χ1) is 11.4. The molecular weight excluding hydrogens is 308 g/mol. The first kappa shape index (κ1) is 19.9. The van der Waals surface area contributed by atoms with Crippen LogP contribution in [-0.4, -0.2) is 35.5 Å². The van der Waals surface area contributed by atoms with Crippen LogP contribution in [-0.2, 0) is 16.1 Å². The van der Waals surface area contributed by atoms with Gasteiger partial charge >= 0.3 is 5.97 Å². The topological polar surface area (TPSA) is 76.0 Å². The molecule has 0 aliphatic rings. The summed E-state index contributed by atoms with van der Waals surface area (Å²) in [5.74, 6) is -0.441. The lowest BCUT2D eigenvalue weighted by Gasteiger charge is -2.15. The van der Waals surface area contributed by atoms with E-state index in [2.05, 4.69) is 0 Å². The fourth-order valence-electron chi connectivity index (χ4n) is 1.89. The summed E-state index contributed by atoms with van der Waals surface area (Å²) >= 11 is 0. The van der Waals surface area contributed by atoms with Gasteiger partial charge in [-0.1, -0.05) is 36.4 Å². The van der Waals surface area contributed by atoms with Crippen molar-refractivity contribution >= 4 is 5.97 Å². The third kappa shape index (κ3) is 7.44. The van der Waals surface area contributed by atoms with Crippen LogP contribution in [0, 0.1) is 5.92 Å². The van der Waals surface area contributed by atoms with Crippen molar-refractivity contribution in [1.29, 1.82) is 0 Å². The standard InChI is InChI=1S/C19H26O5/c1-14(20)8-5-4-6-11-18(21)15(2)19(22)24-13-16-9-7-10-17(12-16)23-3/h4-7,9-12,14-15,18,20-21H,8,13H2,1-3H3/b5-4+,11-6+. The van der Waals surface area contributed by atoms with Gasteiger partial charge in [0.2, 0.25) is 0 Å². The minimum absolute atomic E-state index is 0.130. The molecule has 1 aromatic carbocycles. The SMILES string of the molecule is COc1cccc(COC(=O)C(C)C(O)/C=C/C=C/CC(C)O)c1. The van der Waals surface area contributed by atoms with E-state index in [-0.39, 0.29) is 6.61 Å². The van der Waals surface area contributed by atoms with Crippen molar-refractivity contribution in [2.45, 2.75) is 39.1 Å². The van der Waals surface area contributed by atoms with Crippen molar-refractivity contribution in [1.82, 2.24) is 0 Å². The quantitative estimate of drug-likeness (QED) is 0.536. The average Bonchev–Trinajstić information content (AvgIpc) is 2.58. The molecule has 0 saturated carbocycles. The van der Waals surface area contributed by atoms with Crippen molar-refractivity contribution in [3.8, 4) is 5.75 Å². The molecule has 1 rings (SSSR count). The Morgan fingerprint density at radius 1 is 1.25 bits per heavy atom. The fourth-order valence-corrected chi connectivity index (χ4v) is 1.89. The second-order valence-electron chi connectivity index (χ2n) is 5.64. The Labute approximate surface area is 143 Å². The Hall–Kier alpha value is -2.11. The van der Waals surface area contributed by atoms with Gasteiger partial charge in [0.15, 0.2) is 0 Å². The zero-order chi connectivity index (χ0) is 17.9. The summed E-state index contributed by atoms with van der Waals surface area (Å²) in [6, 6.07) is 7.26. The molecule has 0 bridgehead atoms. The zero-order valence-corrected chi connectivity index (χ0v) is 14.4. The maximum absolute atomic E-state index is 12.0. The summed E-state index contributed by atoms with van der Waals surface area (Å²) in [6.07, 6.45) is 5.90. The lowest BCUT2D eigenvalue weighted by Crippen LogP contribution is -2.25. The molecule has 3 unspecified atom stereocenters. The van der Waals surface area contributed by atoms with Gasteiger partial charge in [0.1, 0.15) is 12.4 Å². The number of hydrogen-bond donors (Lipinski definition) is 2. The number of benzene rings is 1. The van der Waals surface area contributed by atoms with E-state index in [9.17, 15) is 9.90 Å². The Balaban J connectivity index is 2.45. The van der Waals surface area contributed by atoms with Crippen LogP contribution in [0.3, 0.4) is 0 Å². The molecule has 2 N–H and O–H groups in total. The van der Waals surface area contributed by atoms with Gasteiger partial charge in [-0.05, 0) is 38.0 Å². The van der Waals surface area contributed by atoms with Crippen LogP contribution < -0.4 is 4.74 Å². The number of ether oxygens (including phenoxy) is 2. The largest absolute Gasteiger partial charge is 0.497 e. The molecule has 0 spiro atoms. The van der Waals surface area contributed by atoms with E-state index >= 15 is 0 Å². The highest BCUT2D eigenvalue weighted by atomic mass is 16.5. The highest BCUT2D eigenvalue weighted by Crippen LogP contribution is 2.15. The van der Waals surface area contributed by atoms with Crippen molar-refractivity contribution in [2.75, 3.05) is 7.11 Å². The Morgan fingerprint density at radius 2 is 2.00 bits per heavy atom. The second kappa shape index (κ2) is 10.6. The Kier molecular flexibility index (Phi) is 8.83. The molecule has 0 aromatic heterocycles. The highest BCUT2D eigenvalue weighted by Gasteiger charge is 2.21. The molecule has 0 amide bonds. The maximum Gasteiger partial charge on any atom is 0.311 e. The summed E-state index contributed by atoms with van der Waals surface area (Å²) in [5.41, 5.74) is 0.820. The van der Waals surface area contributed by atoms with E-state index in [1.54, 1.807) is 45.3 Å². The highest BCUT2D eigenvalue weighted by molar-refractivity contribution is 5.73. The number of rotatable bonds is 9. The molecular formula is C19H26O5. The fraction of sp³-hybridized carbons (Fsp3) is 0.421. The number of hydrogen-bond acceptors (Lipinski definition) is 5. The molecule has 1 aromatic rings. The number of aliphatic hydroxyl groups is 2. The van der Waals surface area contributed by atoms with E-state index in [1.807, 2.05) is 18.2 Å². The molecule has 132 valence electrons. The van der Waals surface area contributed by atoms with E-state index < -0.39 is 24.1 Å². The molecule has 0 radical (unpaired) electrons. The molecule has 24 heavy (non-hydrogen) atoms. The van der Waals surface area contributed by atoms with Crippen molar-refractivity contribution < 1.29 is 24.5 Å². The van der Waals surface area contributed by atoms with Gasteiger partial charge in [-0.3, -0.25) is 4.79 Å². The van der Waals surface area contributed by atoms with Gasteiger partial charge in [0.05, 0.1) is 25.2 Å². The Morgan fingerprint density at radius 3 is 2.67 bits per heavy atom. The van der Waals surface area contributed by atoms with Gasteiger partial charge in [-0.2, -0.15) is 0 Å². The minimum Gasteiger partial charge on any atom is -0.497 e. The van der Waals surface area contributed by atoms with Crippen LogP contribution in [0.4, 0.5) is 0 Å². The number of methoxy groups -OCH3 is 1. The van der Waals surface area contributed by atoms with Gasteiger partial charge in [0.25, 0.3) is 0 Å². The first-order valence-electron chi connectivity index (χ1n) is 7.93. The van der Waals surface area contributed by atoms with Crippen LogP contribution in [0.25, 0.3) is 0 Å². The van der Waals surface area contributed by atoms with Crippen molar-refractivity contribution in [2.24, 2.45) is 5.92 Å². The molecule has 3 atom stereocenters. The molecule has 5 nitrogen and oxygen atoms in total. The maximum atomic E-state index is 12.0. The number of allylic oxidation sites excluding steroid dienone is 2. The van der Waals surface area contributed by atoms with Crippen LogP contribution in [0.2, 0.25) is 0 Å². The van der Waals surface area contributed by atoms with Crippen LogP contribution in [0.1, 0.15) is 25.8 Å². The zero-order valence-electron chi connectivity index (χ0n) is 14.4. The lowest BCUT2D eigenvalue weighted by atomic mass is 10.0. The number of esters is 1. The van der Waals surface area contributed by atoms with Gasteiger partial charge in [-0.15, -0.1) is 0 Å². The lowest BCUT2D eigenvalue weighted by molar-refractivity contribution is -0.152. The van der Waals surface area contributed by atoms with Crippen LogP contribution in [0.5, 0.6) is 5.75 Å². The monoisotopic (exact) mass is 334 g/mol. The van der Waals surface area contributed by atoms with Gasteiger partial charge < -0.3 is 19.7 Å². The van der Waals surface area contributed by atoms with Crippen molar-refractivity contribution in [3.05, 3.63) is 54.1 Å². The summed E-state index contributed by atoms with van der Waals surface area (Å²) in [4.78, 5) is 12.0. The first-order valence-corrected chi connectivity index (χ1v) is 7.93. The molecule has 0 aliphatic heterocycles. The number of carbonyl (C=O) groups is 1. The minimum atomic E-state index is -0.931. The third-order valence-electron chi connectivity index (χ3n) is 3.43. The molecule has 0 fully saturated rings. The normalized spacial score (nSPS) is 15.4. The predicted octanol–water partition coefficient (Wildman–Crippen LogP) is 2.62. The van der Waals surface area contributed by atoms with E-state index in [0.717, 1.165) is 5.56 Å². The van der Waals surface area contributed by atoms with Gasteiger partial charge in [0, 0.05) is 0 Å². The Bertz CT molecular complexity index is 563. The molecule has 0 heterocycles. The third-order valence-corrected chi connectivity index (χ3v) is 3.43. The predicted molar refractivity (Wildman–Crippen MR) is 92.5 cm³/mol. The summed E-state index contributed by atoms with van der Waals surface area (Å²) in [7, 11) is 1.57. The van der Waals surface area contributed by atoms with Gasteiger partial charge in [-0.25, -0.2) is 0 Å². The molecule has 0 saturated heterocycles. The van der Waals surface area contributed by atoms with E-state index in [1.165, 1.54) is 6.08 Å². The summed E-state index contributed by atoms with van der Waals surface area (Å²) < 4.78 is 10.3. The second-order valence-corrected chi connectivity index (χ2v) is 5.64. The molecule has 0 aliphatic carbocycles. The van der Waals surface area contributed by atoms with Crippen LogP contribution >= 0.6 is 0 Å². The summed E-state index contributed by atoms with van der Waals surface area (Å²) in [6.45, 7) is 3.44. The van der Waals surface area contributed by atoms with E-state index in [0.29, 0.717) is 12.2 Å². The van der Waals surface area contributed by atoms with E-state index in [4.69, 9.17) is 14.6 Å². The van der Waals surface area contributed by atoms with Crippen LogP contribution in [0.15, 0.2) is 48.6 Å². The number of carbonyl (C=O) groups excluding carboxylic acids is 1.